The first-order chi connectivity index (χ1) is 11.6. The molecule has 4 fully saturated rings. The Balaban J connectivity index is 1.58. The molecule has 3 saturated heterocycles. The van der Waals surface area contributed by atoms with Crippen molar-refractivity contribution in [1.82, 2.24) is 5.06 Å². The first-order valence-corrected chi connectivity index (χ1v) is 9.78. The number of imide groups is 1. The molecule has 0 aromatic heterocycles. The van der Waals surface area contributed by atoms with Gasteiger partial charge in [-0.15, -0.1) is 23.2 Å². The summed E-state index contributed by atoms with van der Waals surface area (Å²) in [5.74, 6) is -2.43. The van der Waals surface area contributed by atoms with Gasteiger partial charge in [0.25, 0.3) is 11.8 Å². The molecule has 0 aromatic carbocycles. The summed E-state index contributed by atoms with van der Waals surface area (Å²) >= 11 is 26.5. The Morgan fingerprint density at radius 1 is 1.04 bits per heavy atom. The molecular formula is C16H15Cl4NO4. The fraction of sp³-hybridized carbons (Fsp3) is 0.750. The zero-order chi connectivity index (χ0) is 18.0. The molecule has 0 spiro atoms. The minimum absolute atomic E-state index is 0.247. The van der Waals surface area contributed by atoms with Crippen LogP contribution in [0, 0.1) is 23.7 Å². The molecule has 3 heterocycles. The quantitative estimate of drug-likeness (QED) is 0.503. The number of ether oxygens (including phenoxy) is 1. The van der Waals surface area contributed by atoms with Gasteiger partial charge < -0.3 is 4.74 Å². The number of hydroxylamine groups is 2. The summed E-state index contributed by atoms with van der Waals surface area (Å²) < 4.78 is 6.07. The van der Waals surface area contributed by atoms with E-state index in [1.165, 1.54) is 0 Å². The van der Waals surface area contributed by atoms with Crippen LogP contribution in [0.5, 0.6) is 0 Å². The number of nitrogens with zero attached hydrogens (tertiary/aromatic N) is 1. The van der Waals surface area contributed by atoms with Crippen LogP contribution in [-0.2, 0) is 19.2 Å². The molecule has 9 heteroatoms. The summed E-state index contributed by atoms with van der Waals surface area (Å²) in [7, 11) is 0. The van der Waals surface area contributed by atoms with E-state index in [1.54, 1.807) is 13.8 Å². The largest absolute Gasteiger partial charge is 0.373 e. The highest BCUT2D eigenvalue weighted by atomic mass is 35.5. The second-order valence-corrected chi connectivity index (χ2v) is 9.93. The predicted octanol–water partition coefficient (Wildman–Crippen LogP) is 3.00. The molecule has 5 aliphatic rings. The van der Waals surface area contributed by atoms with Crippen molar-refractivity contribution >= 4 is 58.2 Å². The second-order valence-electron chi connectivity index (χ2n) is 7.82. The highest BCUT2D eigenvalue weighted by Gasteiger charge is 2.82. The van der Waals surface area contributed by atoms with Gasteiger partial charge in [0.15, 0.2) is 0 Å². The molecule has 8 atom stereocenters. The van der Waals surface area contributed by atoms with Crippen LogP contribution in [0.4, 0.5) is 0 Å². The van der Waals surface area contributed by atoms with Gasteiger partial charge in [-0.3, -0.25) is 14.4 Å². The van der Waals surface area contributed by atoms with Gasteiger partial charge in [0.2, 0.25) is 0 Å². The average molecular weight is 427 g/mol. The molecule has 2 aliphatic carbocycles. The second kappa shape index (κ2) is 4.86. The van der Waals surface area contributed by atoms with Crippen molar-refractivity contribution in [3.63, 3.8) is 0 Å². The van der Waals surface area contributed by atoms with Gasteiger partial charge >= 0.3 is 0 Å². The van der Waals surface area contributed by atoms with Crippen LogP contribution in [0.1, 0.15) is 20.3 Å². The highest BCUT2D eigenvalue weighted by Crippen LogP contribution is 2.75. The number of halogens is 4. The molecule has 5 nitrogen and oxygen atoms in total. The van der Waals surface area contributed by atoms with Crippen LogP contribution in [0.2, 0.25) is 0 Å². The Kier molecular flexibility index (Phi) is 3.32. The summed E-state index contributed by atoms with van der Waals surface area (Å²) in [4.78, 5) is 29.2. The Hall–Kier alpha value is -0.0400. The number of carbonyl (C=O) groups is 2. The van der Waals surface area contributed by atoms with Crippen molar-refractivity contribution in [2.45, 2.75) is 48.3 Å². The topological polar surface area (TPSA) is 55.8 Å². The SMILES string of the molecule is CC(C)ON1C(=O)[C@@H]2[C@H]3O[C@@H]([C@@H]2C1=O)[C@H]1[C@@H]3[C@@]2(Cl)C[C@@]1(Cl)C(Cl)=C2Cl. The van der Waals surface area contributed by atoms with E-state index in [0.717, 1.165) is 5.06 Å². The first-order valence-electron chi connectivity index (χ1n) is 8.27. The number of fused-ring (bicyclic) bond motifs is 12. The van der Waals surface area contributed by atoms with E-state index in [-0.39, 0.29) is 29.8 Å². The summed E-state index contributed by atoms with van der Waals surface area (Å²) in [5, 5.41) is 1.57. The number of amides is 2. The van der Waals surface area contributed by atoms with Gasteiger partial charge in [0.1, 0.15) is 0 Å². The van der Waals surface area contributed by atoms with E-state index in [9.17, 15) is 9.59 Å². The van der Waals surface area contributed by atoms with Gasteiger partial charge in [0.05, 0.1) is 50.0 Å². The molecule has 4 bridgehead atoms. The summed E-state index contributed by atoms with van der Waals surface area (Å²) in [6, 6.07) is 0. The van der Waals surface area contributed by atoms with Crippen LogP contribution in [-0.4, -0.2) is 44.9 Å². The van der Waals surface area contributed by atoms with Crippen molar-refractivity contribution in [2.24, 2.45) is 23.7 Å². The number of allylic oxidation sites excluding steroid dienone is 2. The molecular weight excluding hydrogens is 412 g/mol. The molecule has 1 saturated carbocycles. The number of alkyl halides is 2. The molecule has 5 rings (SSSR count). The van der Waals surface area contributed by atoms with Crippen molar-refractivity contribution in [3.05, 3.63) is 10.1 Å². The Labute approximate surface area is 164 Å². The van der Waals surface area contributed by atoms with E-state index < -0.39 is 33.8 Å². The first kappa shape index (κ1) is 17.1. The lowest BCUT2D eigenvalue weighted by atomic mass is 9.65. The molecule has 136 valence electrons. The van der Waals surface area contributed by atoms with Crippen molar-refractivity contribution < 1.29 is 19.2 Å². The van der Waals surface area contributed by atoms with Gasteiger partial charge in [-0.2, -0.15) is 5.06 Å². The monoisotopic (exact) mass is 425 g/mol. The van der Waals surface area contributed by atoms with Crippen molar-refractivity contribution in [1.29, 1.82) is 0 Å². The third-order valence-corrected chi connectivity index (χ3v) is 8.78. The lowest BCUT2D eigenvalue weighted by molar-refractivity contribution is -0.202. The maximum Gasteiger partial charge on any atom is 0.260 e. The molecule has 0 unspecified atom stereocenters. The van der Waals surface area contributed by atoms with Gasteiger partial charge in [-0.05, 0) is 20.3 Å². The molecule has 0 N–H and O–H groups in total. The molecule has 25 heavy (non-hydrogen) atoms. The third-order valence-electron chi connectivity index (χ3n) is 6.28. The fourth-order valence-corrected chi connectivity index (χ4v) is 7.60. The zero-order valence-corrected chi connectivity index (χ0v) is 16.4. The Morgan fingerprint density at radius 3 is 1.88 bits per heavy atom. The fourth-order valence-electron chi connectivity index (χ4n) is 5.58. The van der Waals surface area contributed by atoms with Crippen molar-refractivity contribution in [2.75, 3.05) is 0 Å². The van der Waals surface area contributed by atoms with Crippen LogP contribution in [0.3, 0.4) is 0 Å². The van der Waals surface area contributed by atoms with Crippen LogP contribution in [0.25, 0.3) is 0 Å². The summed E-state index contributed by atoms with van der Waals surface area (Å²) in [6.45, 7) is 3.53. The predicted molar refractivity (Wildman–Crippen MR) is 91.2 cm³/mol. The van der Waals surface area contributed by atoms with Gasteiger partial charge in [0, 0.05) is 11.8 Å². The van der Waals surface area contributed by atoms with E-state index in [0.29, 0.717) is 16.5 Å². The summed E-state index contributed by atoms with van der Waals surface area (Å²) in [5.41, 5.74) is 0. The normalized spacial score (nSPS) is 52.8. The molecule has 3 aliphatic heterocycles. The lowest BCUT2D eigenvalue weighted by Gasteiger charge is -2.40. The van der Waals surface area contributed by atoms with Gasteiger partial charge in [-0.25, -0.2) is 0 Å². The van der Waals surface area contributed by atoms with E-state index in [1.807, 2.05) is 0 Å². The number of hydrogen-bond acceptors (Lipinski definition) is 4. The molecule has 0 radical (unpaired) electrons. The van der Waals surface area contributed by atoms with E-state index in [2.05, 4.69) is 0 Å². The summed E-state index contributed by atoms with van der Waals surface area (Å²) in [6.07, 6.45) is -0.909. The van der Waals surface area contributed by atoms with E-state index >= 15 is 0 Å². The maximum atomic E-state index is 12.8. The van der Waals surface area contributed by atoms with Crippen LogP contribution < -0.4 is 0 Å². The maximum absolute atomic E-state index is 12.8. The lowest BCUT2D eigenvalue weighted by Crippen LogP contribution is -2.50. The van der Waals surface area contributed by atoms with Crippen LogP contribution >= 0.6 is 46.4 Å². The number of carbonyl (C=O) groups excluding carboxylic acids is 2. The smallest absolute Gasteiger partial charge is 0.260 e. The average Bonchev–Trinajstić information content (AvgIpc) is 3.25. The Morgan fingerprint density at radius 2 is 1.48 bits per heavy atom. The highest BCUT2D eigenvalue weighted by molar-refractivity contribution is 6.51. The standard InChI is InChI=1S/C16H15Cl4NO4/c1-4(2)25-21-13(22)5-6(14(21)23)10-8-7(9(5)24-10)15(19)3-16(8,20)12(18)11(15)17/h4-10H,3H2,1-2H3/t5-,6+,7-,8+,9+,10-,15-,16-/m0/s1. The molecule has 2 amide bonds. The minimum atomic E-state index is -0.939. The zero-order valence-electron chi connectivity index (χ0n) is 13.3. The van der Waals surface area contributed by atoms with Gasteiger partial charge in [-0.1, -0.05) is 23.2 Å². The van der Waals surface area contributed by atoms with E-state index in [4.69, 9.17) is 56.0 Å². The Bertz CT molecular complexity index is 702. The molecule has 0 aromatic rings. The van der Waals surface area contributed by atoms with Crippen molar-refractivity contribution in [3.8, 4) is 0 Å². The van der Waals surface area contributed by atoms with Crippen LogP contribution in [0.15, 0.2) is 10.1 Å². The minimum Gasteiger partial charge on any atom is -0.373 e. The number of hydrogen-bond donors (Lipinski definition) is 0. The third kappa shape index (κ3) is 1.72. The number of rotatable bonds is 2.